The minimum Gasteiger partial charge on any atom is -0.396 e. The Morgan fingerprint density at radius 2 is 1.00 bits per heavy atom. The molecule has 1 N–H and O–H groups in total. The fourth-order valence-electron chi connectivity index (χ4n) is 1.38. The van der Waals surface area contributed by atoms with E-state index in [1.54, 1.807) is 0 Å². The van der Waals surface area contributed by atoms with Gasteiger partial charge in [-0.1, -0.05) is 0 Å². The van der Waals surface area contributed by atoms with E-state index < -0.39 is 26.9 Å². The molecule has 1 aliphatic rings. The summed E-state index contributed by atoms with van der Waals surface area (Å²) in [5, 5.41) is 6.77. The number of aliphatic hydroxyl groups is 1. The summed E-state index contributed by atoms with van der Waals surface area (Å²) in [5.41, 5.74) is 0. The van der Waals surface area contributed by atoms with Gasteiger partial charge in [0.2, 0.25) is 0 Å². The quantitative estimate of drug-likeness (QED) is 0.735. The van der Waals surface area contributed by atoms with Crippen molar-refractivity contribution in [1.82, 2.24) is 0 Å². The summed E-state index contributed by atoms with van der Waals surface area (Å²) in [4.78, 5) is 0. The molecule has 4 atom stereocenters. The molecule has 1 saturated carbocycles. The first kappa shape index (κ1) is 12.5. The maximum absolute atomic E-state index is 9.02. The van der Waals surface area contributed by atoms with E-state index in [0.717, 1.165) is 0 Å². The standard InChI is InChI=1S/C7H9Cl5O/c8-3-2(1-13)4(9)6(11)7(12)5(3)10/h2-7,13H,1H2. The molecule has 0 saturated heterocycles. The first-order valence-corrected chi connectivity index (χ1v) is 6.00. The Labute approximate surface area is 102 Å². The van der Waals surface area contributed by atoms with Gasteiger partial charge in [0.05, 0.1) is 26.9 Å². The minimum absolute atomic E-state index is 0.127. The van der Waals surface area contributed by atoms with Crippen molar-refractivity contribution < 1.29 is 5.11 Å². The second-order valence-electron chi connectivity index (χ2n) is 3.07. The Hall–Kier alpha value is 1.41. The maximum atomic E-state index is 9.02. The monoisotopic (exact) mass is 284 g/mol. The van der Waals surface area contributed by atoms with Crippen LogP contribution in [0.3, 0.4) is 0 Å². The number of halogens is 5. The highest BCUT2D eigenvalue weighted by Crippen LogP contribution is 2.40. The lowest BCUT2D eigenvalue weighted by molar-refractivity contribution is 0.200. The number of aliphatic hydroxyl groups excluding tert-OH is 1. The molecule has 0 amide bonds. The van der Waals surface area contributed by atoms with Crippen LogP contribution in [0.5, 0.6) is 0 Å². The largest absolute Gasteiger partial charge is 0.396 e. The molecule has 0 aromatic carbocycles. The third-order valence-electron chi connectivity index (χ3n) is 2.25. The highest BCUT2D eigenvalue weighted by molar-refractivity contribution is 6.41. The zero-order valence-electron chi connectivity index (χ0n) is 6.51. The van der Waals surface area contributed by atoms with Gasteiger partial charge in [-0.2, -0.15) is 0 Å². The van der Waals surface area contributed by atoms with Crippen molar-refractivity contribution in [3.63, 3.8) is 0 Å². The highest BCUT2D eigenvalue weighted by atomic mass is 35.5. The molecule has 0 bridgehead atoms. The van der Waals surface area contributed by atoms with E-state index in [1.165, 1.54) is 0 Å². The van der Waals surface area contributed by atoms with Gasteiger partial charge in [-0.25, -0.2) is 0 Å². The van der Waals surface area contributed by atoms with Crippen molar-refractivity contribution in [2.45, 2.75) is 26.9 Å². The average Bonchev–Trinajstić information content (AvgIpc) is 2.13. The van der Waals surface area contributed by atoms with Crippen LogP contribution in [-0.2, 0) is 0 Å². The molecule has 0 aliphatic heterocycles. The van der Waals surface area contributed by atoms with Crippen molar-refractivity contribution >= 4 is 58.0 Å². The fraction of sp³-hybridized carbons (Fsp3) is 1.00. The van der Waals surface area contributed by atoms with Gasteiger partial charge >= 0.3 is 0 Å². The van der Waals surface area contributed by atoms with Crippen LogP contribution in [0.2, 0.25) is 0 Å². The molecule has 1 aliphatic carbocycles. The normalized spacial score (nSPS) is 52.2. The summed E-state index contributed by atoms with van der Waals surface area (Å²) >= 11 is 29.7. The maximum Gasteiger partial charge on any atom is 0.0692 e. The van der Waals surface area contributed by atoms with Crippen LogP contribution >= 0.6 is 58.0 Å². The lowest BCUT2D eigenvalue weighted by Crippen LogP contribution is -2.52. The van der Waals surface area contributed by atoms with Crippen LogP contribution in [0.15, 0.2) is 0 Å². The van der Waals surface area contributed by atoms with Gasteiger partial charge in [-0.3, -0.25) is 0 Å². The predicted molar refractivity (Wildman–Crippen MR) is 58.8 cm³/mol. The van der Waals surface area contributed by atoms with Crippen molar-refractivity contribution in [2.75, 3.05) is 6.61 Å². The predicted octanol–water partition coefficient (Wildman–Crippen LogP) is 2.65. The van der Waals surface area contributed by atoms with Crippen molar-refractivity contribution in [2.24, 2.45) is 5.92 Å². The zero-order chi connectivity index (χ0) is 10.2. The van der Waals surface area contributed by atoms with E-state index in [0.29, 0.717) is 0 Å². The van der Waals surface area contributed by atoms with Gasteiger partial charge in [0.15, 0.2) is 0 Å². The van der Waals surface area contributed by atoms with E-state index >= 15 is 0 Å². The molecule has 0 aromatic rings. The van der Waals surface area contributed by atoms with Gasteiger partial charge in [-0.05, 0) is 0 Å². The lowest BCUT2D eigenvalue weighted by Gasteiger charge is -2.40. The lowest BCUT2D eigenvalue weighted by atomic mass is 9.87. The van der Waals surface area contributed by atoms with Crippen LogP contribution in [0.25, 0.3) is 0 Å². The van der Waals surface area contributed by atoms with Gasteiger partial charge in [0.25, 0.3) is 0 Å². The Kier molecular flexibility index (Phi) is 4.76. The van der Waals surface area contributed by atoms with E-state index in [-0.39, 0.29) is 12.5 Å². The van der Waals surface area contributed by atoms with Crippen LogP contribution in [-0.4, -0.2) is 38.6 Å². The number of hydrogen-bond acceptors (Lipinski definition) is 1. The number of rotatable bonds is 1. The first-order valence-electron chi connectivity index (χ1n) is 3.82. The summed E-state index contributed by atoms with van der Waals surface area (Å²) < 4.78 is 0. The van der Waals surface area contributed by atoms with Crippen LogP contribution in [0, 0.1) is 5.92 Å². The van der Waals surface area contributed by atoms with Crippen LogP contribution in [0.1, 0.15) is 0 Å². The zero-order valence-corrected chi connectivity index (χ0v) is 10.3. The van der Waals surface area contributed by atoms with E-state index in [9.17, 15) is 0 Å². The first-order chi connectivity index (χ1) is 6.00. The smallest absolute Gasteiger partial charge is 0.0692 e. The molecule has 1 rings (SSSR count). The molecule has 4 unspecified atom stereocenters. The molecule has 0 heterocycles. The third-order valence-corrected chi connectivity index (χ3v) is 5.58. The van der Waals surface area contributed by atoms with Gasteiger partial charge in [0.1, 0.15) is 0 Å². The van der Waals surface area contributed by atoms with Crippen molar-refractivity contribution in [3.05, 3.63) is 0 Å². The number of alkyl halides is 5. The summed E-state index contributed by atoms with van der Waals surface area (Å²) in [5.74, 6) is -0.302. The topological polar surface area (TPSA) is 20.2 Å². The molecular weight excluding hydrogens is 277 g/mol. The highest BCUT2D eigenvalue weighted by Gasteiger charge is 2.47. The van der Waals surface area contributed by atoms with E-state index in [4.69, 9.17) is 63.1 Å². The summed E-state index contributed by atoms with van der Waals surface area (Å²) in [6, 6.07) is 0. The summed E-state index contributed by atoms with van der Waals surface area (Å²) in [6.45, 7) is -0.127. The molecule has 6 heteroatoms. The SMILES string of the molecule is OCC1C(Cl)C(Cl)C(Cl)C(Cl)C1Cl. The Morgan fingerprint density at radius 3 is 1.31 bits per heavy atom. The Balaban J connectivity index is 2.79. The number of hydrogen-bond donors (Lipinski definition) is 1. The molecule has 0 spiro atoms. The minimum atomic E-state index is -0.462. The molecule has 0 aromatic heterocycles. The van der Waals surface area contributed by atoms with E-state index in [1.807, 2.05) is 0 Å². The summed E-state index contributed by atoms with van der Waals surface area (Å²) in [7, 11) is 0. The van der Waals surface area contributed by atoms with Gasteiger partial charge in [-0.15, -0.1) is 58.0 Å². The third kappa shape index (κ3) is 2.32. The molecule has 1 nitrogen and oxygen atoms in total. The molecule has 13 heavy (non-hydrogen) atoms. The van der Waals surface area contributed by atoms with Crippen molar-refractivity contribution in [3.8, 4) is 0 Å². The average molecular weight is 286 g/mol. The van der Waals surface area contributed by atoms with Crippen LogP contribution in [0.4, 0.5) is 0 Å². The Morgan fingerprint density at radius 1 is 0.692 bits per heavy atom. The van der Waals surface area contributed by atoms with E-state index in [2.05, 4.69) is 0 Å². The molecule has 78 valence electrons. The van der Waals surface area contributed by atoms with Gasteiger partial charge in [0, 0.05) is 12.5 Å². The Bertz CT molecular complexity index is 162. The second-order valence-corrected chi connectivity index (χ2v) is 5.59. The van der Waals surface area contributed by atoms with Crippen LogP contribution < -0.4 is 0 Å². The van der Waals surface area contributed by atoms with Crippen molar-refractivity contribution in [1.29, 1.82) is 0 Å². The second kappa shape index (κ2) is 4.96. The fourth-order valence-corrected chi connectivity index (χ4v) is 3.46. The molecular formula is C7H9Cl5O. The molecule has 0 radical (unpaired) electrons. The molecule has 1 fully saturated rings. The summed E-state index contributed by atoms with van der Waals surface area (Å²) in [6.07, 6.45) is 0. The van der Waals surface area contributed by atoms with Gasteiger partial charge < -0.3 is 5.11 Å².